The standard InChI is InChI=1S/C20H30N2O3/c1-24-19-10-3-2-6-16(19)13-22(14-18-9-5-11-25-18)20(23)15-7-4-8-17(21)12-15/h2-3,6,10,15,17-18H,4-5,7-9,11-14,21H2,1H3. The van der Waals surface area contributed by atoms with Crippen molar-refractivity contribution in [1.82, 2.24) is 4.90 Å². The van der Waals surface area contributed by atoms with Crippen LogP contribution in [0.15, 0.2) is 24.3 Å². The minimum absolute atomic E-state index is 0.0415. The Labute approximate surface area is 150 Å². The van der Waals surface area contributed by atoms with Gasteiger partial charge >= 0.3 is 0 Å². The lowest BCUT2D eigenvalue weighted by molar-refractivity contribution is -0.139. The van der Waals surface area contributed by atoms with E-state index in [4.69, 9.17) is 15.2 Å². The first-order valence-corrected chi connectivity index (χ1v) is 9.45. The van der Waals surface area contributed by atoms with Crippen molar-refractivity contribution in [2.75, 3.05) is 20.3 Å². The lowest BCUT2D eigenvalue weighted by Crippen LogP contribution is -2.43. The van der Waals surface area contributed by atoms with Crippen LogP contribution < -0.4 is 10.5 Å². The van der Waals surface area contributed by atoms with E-state index in [1.165, 1.54) is 0 Å². The molecule has 3 atom stereocenters. The van der Waals surface area contributed by atoms with E-state index in [2.05, 4.69) is 0 Å². The molecule has 138 valence electrons. The van der Waals surface area contributed by atoms with Gasteiger partial charge in [-0.3, -0.25) is 4.79 Å². The number of carbonyl (C=O) groups is 1. The van der Waals surface area contributed by atoms with Gasteiger partial charge in [0, 0.05) is 37.2 Å². The third-order valence-electron chi connectivity index (χ3n) is 5.38. The number of benzene rings is 1. The Kier molecular flexibility index (Phi) is 6.32. The smallest absolute Gasteiger partial charge is 0.226 e. The molecule has 1 amide bonds. The van der Waals surface area contributed by atoms with Crippen molar-refractivity contribution in [1.29, 1.82) is 0 Å². The first-order chi connectivity index (χ1) is 12.2. The van der Waals surface area contributed by atoms with Crippen LogP contribution >= 0.6 is 0 Å². The Morgan fingerprint density at radius 1 is 1.28 bits per heavy atom. The number of hydrogen-bond acceptors (Lipinski definition) is 4. The number of nitrogens with two attached hydrogens (primary N) is 1. The monoisotopic (exact) mass is 346 g/mol. The van der Waals surface area contributed by atoms with E-state index < -0.39 is 0 Å². The molecule has 1 aliphatic heterocycles. The molecule has 1 saturated carbocycles. The number of amides is 1. The molecule has 0 aromatic heterocycles. The highest BCUT2D eigenvalue weighted by Crippen LogP contribution is 2.28. The normalized spacial score (nSPS) is 26.4. The number of para-hydroxylation sites is 1. The molecule has 1 aliphatic carbocycles. The quantitative estimate of drug-likeness (QED) is 0.860. The third-order valence-corrected chi connectivity index (χ3v) is 5.38. The van der Waals surface area contributed by atoms with Crippen LogP contribution in [0.4, 0.5) is 0 Å². The zero-order valence-corrected chi connectivity index (χ0v) is 15.2. The van der Waals surface area contributed by atoms with Crippen LogP contribution in [0.3, 0.4) is 0 Å². The summed E-state index contributed by atoms with van der Waals surface area (Å²) < 4.78 is 11.3. The van der Waals surface area contributed by atoms with Gasteiger partial charge in [-0.2, -0.15) is 0 Å². The van der Waals surface area contributed by atoms with E-state index >= 15 is 0 Å². The first-order valence-electron chi connectivity index (χ1n) is 9.45. The van der Waals surface area contributed by atoms with E-state index in [0.29, 0.717) is 13.1 Å². The van der Waals surface area contributed by atoms with Gasteiger partial charge in [-0.05, 0) is 38.2 Å². The topological polar surface area (TPSA) is 64.8 Å². The average molecular weight is 346 g/mol. The summed E-state index contributed by atoms with van der Waals surface area (Å²) in [6.45, 7) is 2.02. The van der Waals surface area contributed by atoms with Gasteiger partial charge in [0.1, 0.15) is 5.75 Å². The molecule has 2 aliphatic rings. The van der Waals surface area contributed by atoms with Crippen molar-refractivity contribution in [2.45, 2.75) is 57.2 Å². The Morgan fingerprint density at radius 3 is 2.84 bits per heavy atom. The van der Waals surface area contributed by atoms with E-state index in [0.717, 1.165) is 56.4 Å². The summed E-state index contributed by atoms with van der Waals surface area (Å²) in [4.78, 5) is 15.2. The van der Waals surface area contributed by atoms with E-state index in [1.807, 2.05) is 29.2 Å². The second-order valence-electron chi connectivity index (χ2n) is 7.29. The Morgan fingerprint density at radius 2 is 2.12 bits per heavy atom. The number of ether oxygens (including phenoxy) is 2. The van der Waals surface area contributed by atoms with Crippen molar-refractivity contribution >= 4 is 5.91 Å². The van der Waals surface area contributed by atoms with Gasteiger partial charge in [-0.15, -0.1) is 0 Å². The van der Waals surface area contributed by atoms with Gasteiger partial charge in [0.2, 0.25) is 5.91 Å². The van der Waals surface area contributed by atoms with Gasteiger partial charge in [-0.25, -0.2) is 0 Å². The zero-order valence-electron chi connectivity index (χ0n) is 15.2. The van der Waals surface area contributed by atoms with Crippen molar-refractivity contribution in [3.05, 3.63) is 29.8 Å². The number of methoxy groups -OCH3 is 1. The molecule has 0 bridgehead atoms. The van der Waals surface area contributed by atoms with Crippen molar-refractivity contribution in [2.24, 2.45) is 11.7 Å². The SMILES string of the molecule is COc1ccccc1CN(CC1CCCO1)C(=O)C1CCCC(N)C1. The molecule has 2 N–H and O–H groups in total. The number of hydrogen-bond donors (Lipinski definition) is 1. The maximum atomic E-state index is 13.2. The second kappa shape index (κ2) is 8.68. The van der Waals surface area contributed by atoms with Crippen LogP contribution in [0.5, 0.6) is 5.75 Å². The molecule has 3 rings (SSSR count). The van der Waals surface area contributed by atoms with Crippen molar-refractivity contribution in [3.63, 3.8) is 0 Å². The number of carbonyl (C=O) groups excluding carboxylic acids is 1. The molecule has 0 radical (unpaired) electrons. The van der Waals surface area contributed by atoms with Crippen molar-refractivity contribution in [3.8, 4) is 5.75 Å². The van der Waals surface area contributed by atoms with E-state index in [1.54, 1.807) is 7.11 Å². The number of nitrogens with zero attached hydrogens (tertiary/aromatic N) is 1. The summed E-state index contributed by atoms with van der Waals surface area (Å²) >= 11 is 0. The van der Waals surface area contributed by atoms with Crippen LogP contribution in [0, 0.1) is 5.92 Å². The molecule has 1 heterocycles. The van der Waals surface area contributed by atoms with Crippen LogP contribution in [0.1, 0.15) is 44.1 Å². The summed E-state index contributed by atoms with van der Waals surface area (Å²) in [7, 11) is 1.67. The molecule has 0 spiro atoms. The second-order valence-corrected chi connectivity index (χ2v) is 7.29. The Hall–Kier alpha value is -1.59. The summed E-state index contributed by atoms with van der Waals surface area (Å²) in [6, 6.07) is 8.07. The molecule has 1 aromatic rings. The molecule has 25 heavy (non-hydrogen) atoms. The minimum Gasteiger partial charge on any atom is -0.496 e. The van der Waals surface area contributed by atoms with Gasteiger partial charge < -0.3 is 20.1 Å². The van der Waals surface area contributed by atoms with Gasteiger partial charge in [0.15, 0.2) is 0 Å². The summed E-state index contributed by atoms with van der Waals surface area (Å²) in [5.74, 6) is 1.09. The van der Waals surface area contributed by atoms with Crippen LogP contribution in [-0.4, -0.2) is 43.2 Å². The summed E-state index contributed by atoms with van der Waals surface area (Å²) in [5, 5.41) is 0. The summed E-state index contributed by atoms with van der Waals surface area (Å²) in [5.41, 5.74) is 7.15. The molecule has 3 unspecified atom stereocenters. The lowest BCUT2D eigenvalue weighted by atomic mass is 9.85. The predicted octanol–water partition coefficient (Wildman–Crippen LogP) is 2.72. The van der Waals surface area contributed by atoms with Gasteiger partial charge in [0.05, 0.1) is 13.2 Å². The molecule has 5 heteroatoms. The predicted molar refractivity (Wildman–Crippen MR) is 97.3 cm³/mol. The first kappa shape index (κ1) is 18.2. The Bertz CT molecular complexity index is 572. The van der Waals surface area contributed by atoms with Gasteiger partial charge in [0.25, 0.3) is 0 Å². The molecule has 5 nitrogen and oxygen atoms in total. The highest BCUT2D eigenvalue weighted by molar-refractivity contribution is 5.79. The molecular weight excluding hydrogens is 316 g/mol. The zero-order chi connectivity index (χ0) is 17.6. The highest BCUT2D eigenvalue weighted by Gasteiger charge is 2.31. The molecule has 1 aromatic carbocycles. The van der Waals surface area contributed by atoms with E-state index in [-0.39, 0.29) is 24.0 Å². The molecule has 1 saturated heterocycles. The molecular formula is C20H30N2O3. The van der Waals surface area contributed by atoms with Crippen LogP contribution in [0.25, 0.3) is 0 Å². The van der Waals surface area contributed by atoms with E-state index in [9.17, 15) is 4.79 Å². The van der Waals surface area contributed by atoms with Gasteiger partial charge in [-0.1, -0.05) is 24.6 Å². The lowest BCUT2D eigenvalue weighted by Gasteiger charge is -2.33. The maximum absolute atomic E-state index is 13.2. The minimum atomic E-state index is 0.0415. The van der Waals surface area contributed by atoms with Crippen molar-refractivity contribution < 1.29 is 14.3 Å². The fourth-order valence-corrected chi connectivity index (χ4v) is 4.02. The highest BCUT2D eigenvalue weighted by atomic mass is 16.5. The Balaban J connectivity index is 1.75. The maximum Gasteiger partial charge on any atom is 0.226 e. The summed E-state index contributed by atoms with van der Waals surface area (Å²) in [6.07, 6.45) is 6.07. The van der Waals surface area contributed by atoms with Crippen LogP contribution in [-0.2, 0) is 16.1 Å². The largest absolute Gasteiger partial charge is 0.496 e. The fraction of sp³-hybridized carbons (Fsp3) is 0.650. The molecule has 2 fully saturated rings. The third kappa shape index (κ3) is 4.73. The average Bonchev–Trinajstić information content (AvgIpc) is 3.14. The fourth-order valence-electron chi connectivity index (χ4n) is 4.02. The van der Waals surface area contributed by atoms with Crippen LogP contribution in [0.2, 0.25) is 0 Å². The number of rotatable bonds is 6.